The molecular formula is C16H12BrN3O. The summed E-state index contributed by atoms with van der Waals surface area (Å²) in [6.07, 6.45) is 3.68. The van der Waals surface area contributed by atoms with Gasteiger partial charge in [-0.3, -0.25) is 0 Å². The first-order valence-electron chi connectivity index (χ1n) is 6.34. The van der Waals surface area contributed by atoms with E-state index in [2.05, 4.69) is 26.1 Å². The van der Waals surface area contributed by atoms with Crippen LogP contribution < -0.4 is 5.73 Å². The minimum Gasteiger partial charge on any atom is -0.399 e. The molecule has 0 fully saturated rings. The number of nitrogen functional groups attached to an aromatic ring is 1. The van der Waals surface area contributed by atoms with Crippen molar-refractivity contribution >= 4 is 33.8 Å². The summed E-state index contributed by atoms with van der Waals surface area (Å²) >= 11 is 3.47. The highest BCUT2D eigenvalue weighted by atomic mass is 79.9. The first-order chi connectivity index (χ1) is 10.2. The van der Waals surface area contributed by atoms with E-state index in [1.165, 1.54) is 0 Å². The molecule has 0 unspecified atom stereocenters. The Labute approximate surface area is 130 Å². The average Bonchev–Trinajstić information content (AvgIpc) is 2.96. The fraction of sp³-hybridized carbons (Fsp3) is 0. The molecule has 5 heteroatoms. The second-order valence-electron chi connectivity index (χ2n) is 4.44. The third-order valence-electron chi connectivity index (χ3n) is 2.91. The molecule has 0 aliphatic rings. The van der Waals surface area contributed by atoms with Crippen LogP contribution in [-0.2, 0) is 0 Å². The molecule has 1 heterocycles. The lowest BCUT2D eigenvalue weighted by molar-refractivity contribution is 0.411. The van der Waals surface area contributed by atoms with E-state index in [1.54, 1.807) is 6.08 Å². The number of rotatable bonds is 3. The van der Waals surface area contributed by atoms with Gasteiger partial charge in [0.2, 0.25) is 5.82 Å². The summed E-state index contributed by atoms with van der Waals surface area (Å²) < 4.78 is 6.16. The standard InChI is InChI=1S/C16H12BrN3O/c17-14-4-2-1-3-13(14)16-19-15(21-20-16)10-7-11-5-8-12(18)9-6-11/h1-10H,18H2/b10-7+. The second-order valence-corrected chi connectivity index (χ2v) is 5.29. The Morgan fingerprint density at radius 3 is 2.52 bits per heavy atom. The van der Waals surface area contributed by atoms with E-state index in [0.29, 0.717) is 11.7 Å². The van der Waals surface area contributed by atoms with Crippen molar-refractivity contribution in [3.63, 3.8) is 0 Å². The highest BCUT2D eigenvalue weighted by Crippen LogP contribution is 2.25. The summed E-state index contributed by atoms with van der Waals surface area (Å²) in [5, 5.41) is 3.99. The molecule has 104 valence electrons. The SMILES string of the molecule is Nc1ccc(/C=C/c2nc(-c3ccccc3Br)no2)cc1. The molecule has 0 saturated carbocycles. The lowest BCUT2D eigenvalue weighted by Gasteiger charge is -1.96. The molecule has 3 rings (SSSR count). The van der Waals surface area contributed by atoms with Crippen molar-refractivity contribution in [2.45, 2.75) is 0 Å². The predicted molar refractivity (Wildman–Crippen MR) is 87.2 cm³/mol. The van der Waals surface area contributed by atoms with Gasteiger partial charge in [0.1, 0.15) is 0 Å². The van der Waals surface area contributed by atoms with E-state index in [1.807, 2.05) is 54.6 Å². The van der Waals surface area contributed by atoms with Gasteiger partial charge in [0.25, 0.3) is 5.89 Å². The van der Waals surface area contributed by atoms with Crippen molar-refractivity contribution in [1.82, 2.24) is 10.1 Å². The second kappa shape index (κ2) is 5.93. The Hall–Kier alpha value is -2.40. The smallest absolute Gasteiger partial charge is 0.250 e. The Balaban J connectivity index is 1.82. The van der Waals surface area contributed by atoms with E-state index in [-0.39, 0.29) is 0 Å². The topological polar surface area (TPSA) is 64.9 Å². The summed E-state index contributed by atoms with van der Waals surface area (Å²) in [6.45, 7) is 0. The Morgan fingerprint density at radius 2 is 1.76 bits per heavy atom. The lowest BCUT2D eigenvalue weighted by atomic mass is 10.2. The van der Waals surface area contributed by atoms with Crippen LogP contribution in [0.3, 0.4) is 0 Å². The first-order valence-corrected chi connectivity index (χ1v) is 7.14. The third kappa shape index (κ3) is 3.20. The van der Waals surface area contributed by atoms with Crippen LogP contribution in [0.1, 0.15) is 11.5 Å². The molecule has 4 nitrogen and oxygen atoms in total. The number of halogens is 1. The maximum Gasteiger partial charge on any atom is 0.250 e. The number of nitrogens with zero attached hydrogens (tertiary/aromatic N) is 2. The number of hydrogen-bond acceptors (Lipinski definition) is 4. The van der Waals surface area contributed by atoms with Crippen molar-refractivity contribution in [3.05, 3.63) is 64.5 Å². The van der Waals surface area contributed by atoms with Crippen LogP contribution in [0, 0.1) is 0 Å². The van der Waals surface area contributed by atoms with Gasteiger partial charge in [0, 0.05) is 21.8 Å². The molecule has 0 aliphatic carbocycles. The lowest BCUT2D eigenvalue weighted by Crippen LogP contribution is -1.83. The van der Waals surface area contributed by atoms with Crippen molar-refractivity contribution in [2.75, 3.05) is 5.73 Å². The summed E-state index contributed by atoms with van der Waals surface area (Å²) in [4.78, 5) is 4.35. The summed E-state index contributed by atoms with van der Waals surface area (Å²) in [6, 6.07) is 15.3. The largest absolute Gasteiger partial charge is 0.399 e. The predicted octanol–water partition coefficient (Wildman–Crippen LogP) is 4.25. The maximum absolute atomic E-state index is 5.65. The molecular weight excluding hydrogens is 330 g/mol. The van der Waals surface area contributed by atoms with Gasteiger partial charge < -0.3 is 10.3 Å². The zero-order valence-corrected chi connectivity index (χ0v) is 12.6. The fourth-order valence-electron chi connectivity index (χ4n) is 1.83. The first kappa shape index (κ1) is 13.6. The van der Waals surface area contributed by atoms with Crippen molar-refractivity contribution < 1.29 is 4.52 Å². The van der Waals surface area contributed by atoms with Gasteiger partial charge in [0.15, 0.2) is 0 Å². The van der Waals surface area contributed by atoms with Gasteiger partial charge in [0.05, 0.1) is 0 Å². The number of aromatic nitrogens is 2. The molecule has 3 aromatic rings. The normalized spacial score (nSPS) is 11.1. The molecule has 0 spiro atoms. The highest BCUT2D eigenvalue weighted by Gasteiger charge is 2.09. The van der Waals surface area contributed by atoms with Crippen LogP contribution in [0.5, 0.6) is 0 Å². The zero-order valence-electron chi connectivity index (χ0n) is 11.0. The molecule has 0 bridgehead atoms. The summed E-state index contributed by atoms with van der Waals surface area (Å²) in [7, 11) is 0. The van der Waals surface area contributed by atoms with Gasteiger partial charge in [-0.1, -0.05) is 45.4 Å². The molecule has 0 atom stereocenters. The van der Waals surface area contributed by atoms with Crippen LogP contribution in [0.25, 0.3) is 23.5 Å². The van der Waals surface area contributed by atoms with Gasteiger partial charge in [-0.15, -0.1) is 0 Å². The highest BCUT2D eigenvalue weighted by molar-refractivity contribution is 9.10. The molecule has 0 aliphatic heterocycles. The van der Waals surface area contributed by atoms with Crippen LogP contribution in [0.4, 0.5) is 5.69 Å². The fourth-order valence-corrected chi connectivity index (χ4v) is 2.29. The molecule has 0 saturated heterocycles. The number of benzene rings is 2. The van der Waals surface area contributed by atoms with Crippen LogP contribution >= 0.6 is 15.9 Å². The van der Waals surface area contributed by atoms with Crippen molar-refractivity contribution in [1.29, 1.82) is 0 Å². The number of anilines is 1. The van der Waals surface area contributed by atoms with Gasteiger partial charge in [-0.2, -0.15) is 4.98 Å². The summed E-state index contributed by atoms with van der Waals surface area (Å²) in [5.41, 5.74) is 8.30. The quantitative estimate of drug-likeness (QED) is 0.723. The monoisotopic (exact) mass is 341 g/mol. The van der Waals surface area contributed by atoms with Crippen LogP contribution in [-0.4, -0.2) is 10.1 Å². The Kier molecular flexibility index (Phi) is 3.83. The maximum atomic E-state index is 5.65. The Bertz CT molecular complexity index is 778. The third-order valence-corrected chi connectivity index (χ3v) is 3.60. The number of hydrogen-bond donors (Lipinski definition) is 1. The van der Waals surface area contributed by atoms with E-state index in [4.69, 9.17) is 10.3 Å². The number of nitrogens with two attached hydrogens (primary N) is 1. The molecule has 0 radical (unpaired) electrons. The molecule has 21 heavy (non-hydrogen) atoms. The minimum atomic E-state index is 0.456. The minimum absolute atomic E-state index is 0.456. The van der Waals surface area contributed by atoms with Gasteiger partial charge >= 0.3 is 0 Å². The molecule has 2 aromatic carbocycles. The van der Waals surface area contributed by atoms with Gasteiger partial charge in [-0.25, -0.2) is 0 Å². The van der Waals surface area contributed by atoms with E-state index >= 15 is 0 Å². The van der Waals surface area contributed by atoms with E-state index in [9.17, 15) is 0 Å². The zero-order chi connectivity index (χ0) is 14.7. The van der Waals surface area contributed by atoms with E-state index in [0.717, 1.165) is 21.3 Å². The molecule has 0 amide bonds. The van der Waals surface area contributed by atoms with Crippen molar-refractivity contribution in [3.8, 4) is 11.4 Å². The van der Waals surface area contributed by atoms with Crippen LogP contribution in [0.15, 0.2) is 57.5 Å². The Morgan fingerprint density at radius 1 is 1.00 bits per heavy atom. The van der Waals surface area contributed by atoms with Crippen LogP contribution in [0.2, 0.25) is 0 Å². The molecule has 2 N–H and O–H groups in total. The summed E-state index contributed by atoms with van der Waals surface area (Å²) in [5.74, 6) is 1.01. The van der Waals surface area contributed by atoms with Gasteiger partial charge in [-0.05, 0) is 35.9 Å². The van der Waals surface area contributed by atoms with E-state index < -0.39 is 0 Å². The molecule has 1 aromatic heterocycles. The van der Waals surface area contributed by atoms with Crippen molar-refractivity contribution in [2.24, 2.45) is 0 Å². The average molecular weight is 342 g/mol.